The number of nitrogens with zero attached hydrogens (tertiary/aromatic N) is 3. The van der Waals surface area contributed by atoms with Crippen LogP contribution < -0.4 is 32.7 Å². The first-order valence-electron chi connectivity index (χ1n) is 14.2. The standard InChI is InChI=1S/C29H39N11O4/c1-3-11-39-16-19(13-22(39)28(43)34-9-7-24(30)31)37-26(41)18-5-6-21(36-15-18)27(42)38-20-14-23(40(17-20)12-4-2)29(44)35-10-8-25(32)33/h5-6,13-17H,3-4,7-12H2,1-2H3,(H3,30,31)(H3,32,33)(H,34,43)(H,35,44)(H,37,41)(H,38,42). The first kappa shape index (κ1) is 33.0. The molecule has 0 fully saturated rings. The Labute approximate surface area is 254 Å². The number of carbonyl (C=O) groups excluding carboxylic acids is 4. The van der Waals surface area contributed by atoms with E-state index < -0.39 is 11.8 Å². The average Bonchev–Trinajstić information content (AvgIpc) is 3.56. The molecule has 3 rings (SSSR count). The number of hydrogen-bond donors (Lipinski definition) is 8. The zero-order chi connectivity index (χ0) is 32.2. The number of aryl methyl sites for hydroxylation is 2. The van der Waals surface area contributed by atoms with Gasteiger partial charge in [0.05, 0.1) is 28.6 Å². The molecule has 0 aliphatic rings. The van der Waals surface area contributed by atoms with Crippen molar-refractivity contribution in [3.63, 3.8) is 0 Å². The first-order valence-corrected chi connectivity index (χ1v) is 14.2. The van der Waals surface area contributed by atoms with Gasteiger partial charge < -0.3 is 41.9 Å². The van der Waals surface area contributed by atoms with Gasteiger partial charge in [0.25, 0.3) is 23.6 Å². The Morgan fingerprint density at radius 3 is 1.64 bits per heavy atom. The van der Waals surface area contributed by atoms with Gasteiger partial charge in [0.1, 0.15) is 17.1 Å². The van der Waals surface area contributed by atoms with Gasteiger partial charge in [-0.1, -0.05) is 13.8 Å². The molecule has 10 N–H and O–H groups in total. The van der Waals surface area contributed by atoms with E-state index in [1.807, 2.05) is 13.8 Å². The third kappa shape index (κ3) is 9.27. The van der Waals surface area contributed by atoms with E-state index in [1.165, 1.54) is 18.3 Å². The van der Waals surface area contributed by atoms with Crippen LogP contribution in [0, 0.1) is 10.8 Å². The van der Waals surface area contributed by atoms with Crippen LogP contribution in [-0.2, 0) is 13.1 Å². The Hall–Kier alpha value is -5.47. The van der Waals surface area contributed by atoms with Gasteiger partial charge in [0, 0.05) is 57.6 Å². The minimum absolute atomic E-state index is 0.0257. The van der Waals surface area contributed by atoms with Crippen molar-refractivity contribution in [1.29, 1.82) is 10.8 Å². The number of nitrogens with two attached hydrogens (primary N) is 2. The number of rotatable bonds is 16. The molecule has 3 aromatic rings. The molecule has 3 aromatic heterocycles. The predicted octanol–water partition coefficient (Wildman–Crippen LogP) is 2.12. The lowest BCUT2D eigenvalue weighted by Crippen LogP contribution is -2.29. The monoisotopic (exact) mass is 605 g/mol. The summed E-state index contributed by atoms with van der Waals surface area (Å²) in [6, 6.07) is 6.00. The van der Waals surface area contributed by atoms with Crippen molar-refractivity contribution in [3.8, 4) is 0 Å². The van der Waals surface area contributed by atoms with Gasteiger partial charge in [-0.15, -0.1) is 0 Å². The molecule has 15 nitrogen and oxygen atoms in total. The fourth-order valence-electron chi connectivity index (χ4n) is 4.25. The molecule has 44 heavy (non-hydrogen) atoms. The Morgan fingerprint density at radius 2 is 1.23 bits per heavy atom. The third-order valence-corrected chi connectivity index (χ3v) is 6.32. The van der Waals surface area contributed by atoms with Crippen LogP contribution >= 0.6 is 0 Å². The fourth-order valence-corrected chi connectivity index (χ4v) is 4.25. The molecule has 15 heteroatoms. The molecule has 4 amide bonds. The van der Waals surface area contributed by atoms with Crippen LogP contribution in [0.1, 0.15) is 81.4 Å². The molecule has 0 aliphatic carbocycles. The quantitative estimate of drug-likeness (QED) is 0.0892. The molecule has 3 heterocycles. The third-order valence-electron chi connectivity index (χ3n) is 6.32. The zero-order valence-electron chi connectivity index (χ0n) is 24.8. The second-order valence-corrected chi connectivity index (χ2v) is 10.0. The fraction of sp³-hybridized carbons (Fsp3) is 0.345. The van der Waals surface area contributed by atoms with E-state index in [9.17, 15) is 19.2 Å². The Balaban J connectivity index is 1.65. The highest BCUT2D eigenvalue weighted by molar-refractivity contribution is 6.07. The Morgan fingerprint density at radius 1 is 0.750 bits per heavy atom. The normalized spacial score (nSPS) is 10.6. The molecule has 0 unspecified atom stereocenters. The molecule has 0 saturated heterocycles. The number of nitrogens with one attached hydrogen (secondary N) is 6. The van der Waals surface area contributed by atoms with Gasteiger partial charge in [-0.2, -0.15) is 0 Å². The lowest BCUT2D eigenvalue weighted by atomic mass is 10.2. The van der Waals surface area contributed by atoms with Crippen molar-refractivity contribution in [1.82, 2.24) is 24.8 Å². The van der Waals surface area contributed by atoms with E-state index in [-0.39, 0.29) is 60.7 Å². The van der Waals surface area contributed by atoms with Crippen molar-refractivity contribution in [2.45, 2.75) is 52.6 Å². The Bertz CT molecular complexity index is 1410. The van der Waals surface area contributed by atoms with Gasteiger partial charge in [0.2, 0.25) is 0 Å². The summed E-state index contributed by atoms with van der Waals surface area (Å²) in [5, 5.41) is 25.5. The van der Waals surface area contributed by atoms with Gasteiger partial charge in [-0.25, -0.2) is 0 Å². The molecule has 234 valence electrons. The summed E-state index contributed by atoms with van der Waals surface area (Å²) < 4.78 is 3.47. The zero-order valence-corrected chi connectivity index (χ0v) is 24.8. The average molecular weight is 606 g/mol. The lowest BCUT2D eigenvalue weighted by Gasteiger charge is -2.08. The highest BCUT2D eigenvalue weighted by Crippen LogP contribution is 2.18. The van der Waals surface area contributed by atoms with Gasteiger partial charge >= 0.3 is 0 Å². The maximum Gasteiger partial charge on any atom is 0.274 e. The molecule has 0 aliphatic heterocycles. The predicted molar refractivity (Wildman–Crippen MR) is 167 cm³/mol. The minimum Gasteiger partial charge on any atom is -0.388 e. The molecule has 0 bridgehead atoms. The van der Waals surface area contributed by atoms with Crippen molar-refractivity contribution in [2.24, 2.45) is 11.5 Å². The van der Waals surface area contributed by atoms with Crippen molar-refractivity contribution >= 4 is 46.7 Å². The highest BCUT2D eigenvalue weighted by Gasteiger charge is 2.18. The Kier molecular flexibility index (Phi) is 11.8. The van der Waals surface area contributed by atoms with E-state index in [2.05, 4.69) is 26.3 Å². The maximum absolute atomic E-state index is 12.9. The van der Waals surface area contributed by atoms with Gasteiger partial charge in [-0.05, 0) is 37.1 Å². The number of amidine groups is 2. The summed E-state index contributed by atoms with van der Waals surface area (Å²) in [6.45, 7) is 5.49. The number of hydrogen-bond acceptors (Lipinski definition) is 7. The van der Waals surface area contributed by atoms with Crippen LogP contribution in [0.2, 0.25) is 0 Å². The van der Waals surface area contributed by atoms with E-state index in [1.54, 1.807) is 33.7 Å². The van der Waals surface area contributed by atoms with Crippen LogP contribution in [0.25, 0.3) is 0 Å². The molecule has 0 spiro atoms. The summed E-state index contributed by atoms with van der Waals surface area (Å²) in [5.74, 6) is -1.74. The molecular formula is C29H39N11O4. The topological polar surface area (TPSA) is 239 Å². The van der Waals surface area contributed by atoms with E-state index in [0.29, 0.717) is 35.9 Å². The first-order chi connectivity index (χ1) is 21.0. The molecule has 0 aromatic carbocycles. The number of pyridine rings is 1. The molecular weight excluding hydrogens is 566 g/mol. The molecule has 0 saturated carbocycles. The number of carbonyl (C=O) groups is 4. The van der Waals surface area contributed by atoms with Crippen molar-refractivity contribution in [3.05, 3.63) is 65.5 Å². The van der Waals surface area contributed by atoms with E-state index in [0.717, 1.165) is 12.8 Å². The van der Waals surface area contributed by atoms with E-state index in [4.69, 9.17) is 22.3 Å². The summed E-state index contributed by atoms with van der Waals surface area (Å²) in [6.07, 6.45) is 6.60. The summed E-state index contributed by atoms with van der Waals surface area (Å²) in [5.41, 5.74) is 12.5. The van der Waals surface area contributed by atoms with Gasteiger partial charge in [-0.3, -0.25) is 35.0 Å². The van der Waals surface area contributed by atoms with Crippen LogP contribution in [0.5, 0.6) is 0 Å². The SMILES string of the molecule is CCCn1cc(NC(=O)c2ccc(C(=O)Nc3cc(C(=O)NCCC(=N)N)n(CCC)c3)nc2)cc1C(=O)NCCC(=N)N. The minimum atomic E-state index is -0.522. The number of amides is 4. The van der Waals surface area contributed by atoms with Crippen molar-refractivity contribution in [2.75, 3.05) is 23.7 Å². The second kappa shape index (κ2) is 15.7. The molecule has 0 atom stereocenters. The van der Waals surface area contributed by atoms with Crippen LogP contribution in [0.3, 0.4) is 0 Å². The largest absolute Gasteiger partial charge is 0.388 e. The van der Waals surface area contributed by atoms with Crippen LogP contribution in [0.15, 0.2) is 42.9 Å². The van der Waals surface area contributed by atoms with Crippen molar-refractivity contribution < 1.29 is 19.2 Å². The van der Waals surface area contributed by atoms with E-state index >= 15 is 0 Å². The molecule has 0 radical (unpaired) electrons. The second-order valence-electron chi connectivity index (χ2n) is 10.0. The van der Waals surface area contributed by atoms with Gasteiger partial charge in [0.15, 0.2) is 0 Å². The van der Waals surface area contributed by atoms with Crippen LogP contribution in [-0.4, -0.2) is 62.5 Å². The van der Waals surface area contributed by atoms with Crippen LogP contribution in [0.4, 0.5) is 11.4 Å². The number of anilines is 2. The lowest BCUT2D eigenvalue weighted by molar-refractivity contribution is 0.0937. The maximum atomic E-state index is 12.9. The highest BCUT2D eigenvalue weighted by atomic mass is 16.2. The summed E-state index contributed by atoms with van der Waals surface area (Å²) in [4.78, 5) is 55.2. The number of aromatic nitrogens is 3. The summed E-state index contributed by atoms with van der Waals surface area (Å²) in [7, 11) is 0. The smallest absolute Gasteiger partial charge is 0.274 e. The summed E-state index contributed by atoms with van der Waals surface area (Å²) >= 11 is 0.